The summed E-state index contributed by atoms with van der Waals surface area (Å²) < 4.78 is 13.5. The number of halogens is 1. The summed E-state index contributed by atoms with van der Waals surface area (Å²) in [7, 11) is 1.58. The summed E-state index contributed by atoms with van der Waals surface area (Å²) in [5.41, 5.74) is 4.46. The second-order valence-electron chi connectivity index (χ2n) is 9.39. The maximum atomic E-state index is 13.5. The molecule has 1 heterocycles. The molecule has 2 aromatic carbocycles. The number of urea groups is 1. The minimum atomic E-state index is -0.409. The first-order valence-corrected chi connectivity index (χ1v) is 10.7. The number of nitrogens with one attached hydrogen (secondary N) is 1. The molecule has 3 amide bonds. The van der Waals surface area contributed by atoms with Gasteiger partial charge in [-0.1, -0.05) is 24.3 Å². The van der Waals surface area contributed by atoms with Crippen molar-refractivity contribution in [2.75, 3.05) is 13.6 Å². The first-order valence-electron chi connectivity index (χ1n) is 10.7. The van der Waals surface area contributed by atoms with Gasteiger partial charge in [0.05, 0.1) is 11.8 Å². The van der Waals surface area contributed by atoms with Crippen molar-refractivity contribution < 1.29 is 14.0 Å². The minimum absolute atomic E-state index is 0.122. The van der Waals surface area contributed by atoms with Crippen molar-refractivity contribution in [1.82, 2.24) is 15.2 Å². The predicted octanol–water partition coefficient (Wildman–Crippen LogP) is 4.56. The molecule has 0 aromatic heterocycles. The van der Waals surface area contributed by atoms with Crippen molar-refractivity contribution >= 4 is 17.6 Å². The molecule has 1 atom stereocenters. The lowest BCUT2D eigenvalue weighted by atomic mass is 9.96. The van der Waals surface area contributed by atoms with Gasteiger partial charge in [0.1, 0.15) is 12.4 Å². The molecule has 2 aromatic rings. The fourth-order valence-electron chi connectivity index (χ4n) is 3.54. The van der Waals surface area contributed by atoms with Gasteiger partial charge in [-0.05, 0) is 75.1 Å². The van der Waals surface area contributed by atoms with Crippen LogP contribution in [0.5, 0.6) is 0 Å². The lowest BCUT2D eigenvalue weighted by Crippen LogP contribution is -2.49. The fourth-order valence-corrected chi connectivity index (χ4v) is 3.54. The number of likely N-dealkylation sites (N-methyl/N-ethyl adjacent to an activating group) is 1. The Kier molecular flexibility index (Phi) is 6.67. The van der Waals surface area contributed by atoms with Crippen LogP contribution in [-0.2, 0) is 4.79 Å². The van der Waals surface area contributed by atoms with Crippen LogP contribution in [0.15, 0.2) is 47.6 Å². The van der Waals surface area contributed by atoms with E-state index in [0.717, 1.165) is 22.4 Å². The SMILES string of the molecule is Cc1ccc(C2=NN(C(=O)CN(C)C(=O)NC(C)(C)C)[C@H](c3ccc(F)cc3)C2)cc1C. The molecule has 0 spiro atoms. The quantitative estimate of drug-likeness (QED) is 0.761. The predicted molar refractivity (Wildman–Crippen MR) is 124 cm³/mol. The average molecular weight is 439 g/mol. The largest absolute Gasteiger partial charge is 0.333 e. The van der Waals surface area contributed by atoms with Gasteiger partial charge in [0.25, 0.3) is 5.91 Å². The van der Waals surface area contributed by atoms with E-state index in [4.69, 9.17) is 0 Å². The second-order valence-corrected chi connectivity index (χ2v) is 9.39. The van der Waals surface area contributed by atoms with Gasteiger partial charge in [-0.3, -0.25) is 4.79 Å². The molecule has 0 radical (unpaired) electrons. The van der Waals surface area contributed by atoms with Crippen molar-refractivity contribution in [3.05, 3.63) is 70.5 Å². The van der Waals surface area contributed by atoms with Gasteiger partial charge >= 0.3 is 6.03 Å². The number of carbonyl (C=O) groups is 2. The van der Waals surface area contributed by atoms with E-state index in [0.29, 0.717) is 6.42 Å². The summed E-state index contributed by atoms with van der Waals surface area (Å²) >= 11 is 0. The number of nitrogens with zero attached hydrogens (tertiary/aromatic N) is 3. The van der Waals surface area contributed by atoms with Gasteiger partial charge in [-0.2, -0.15) is 5.10 Å². The zero-order chi connectivity index (χ0) is 23.6. The fraction of sp³-hybridized carbons (Fsp3) is 0.400. The first kappa shape index (κ1) is 23.4. The van der Waals surface area contributed by atoms with Crippen molar-refractivity contribution in [2.45, 2.75) is 52.6 Å². The van der Waals surface area contributed by atoms with Crippen molar-refractivity contribution in [1.29, 1.82) is 0 Å². The number of hydrogen-bond acceptors (Lipinski definition) is 3. The van der Waals surface area contributed by atoms with Gasteiger partial charge in [0, 0.05) is 19.0 Å². The molecule has 7 heteroatoms. The van der Waals surface area contributed by atoms with Crippen molar-refractivity contribution in [2.24, 2.45) is 5.10 Å². The molecule has 3 rings (SSSR count). The monoisotopic (exact) mass is 438 g/mol. The van der Waals surface area contributed by atoms with E-state index in [1.54, 1.807) is 19.2 Å². The number of hydrogen-bond donors (Lipinski definition) is 1. The molecule has 1 aliphatic heterocycles. The molecular weight excluding hydrogens is 407 g/mol. The summed E-state index contributed by atoms with van der Waals surface area (Å²) in [6.07, 6.45) is 0.512. The summed E-state index contributed by atoms with van der Waals surface area (Å²) in [6.45, 7) is 9.61. The van der Waals surface area contributed by atoms with Gasteiger partial charge in [0.2, 0.25) is 0 Å². The number of rotatable bonds is 4. The van der Waals surface area contributed by atoms with Gasteiger partial charge in [0.15, 0.2) is 0 Å². The van der Waals surface area contributed by atoms with Crippen molar-refractivity contribution in [3.63, 3.8) is 0 Å². The van der Waals surface area contributed by atoms with Crippen molar-refractivity contribution in [3.8, 4) is 0 Å². The van der Waals surface area contributed by atoms with Crippen LogP contribution in [0.3, 0.4) is 0 Å². The highest BCUT2D eigenvalue weighted by molar-refractivity contribution is 6.03. The topological polar surface area (TPSA) is 65.0 Å². The Morgan fingerprint density at radius 3 is 2.38 bits per heavy atom. The molecule has 0 unspecified atom stereocenters. The maximum absolute atomic E-state index is 13.5. The van der Waals surface area contributed by atoms with Crippen LogP contribution in [0.1, 0.15) is 55.5 Å². The normalized spacial score (nSPS) is 16.0. The van der Waals surface area contributed by atoms with Crippen LogP contribution in [0.25, 0.3) is 0 Å². The van der Waals surface area contributed by atoms with E-state index in [9.17, 15) is 14.0 Å². The molecular formula is C25H31FN4O2. The first-order chi connectivity index (χ1) is 14.9. The Morgan fingerprint density at radius 2 is 1.78 bits per heavy atom. The molecule has 0 bridgehead atoms. The molecule has 32 heavy (non-hydrogen) atoms. The van der Waals surface area contributed by atoms with Crippen LogP contribution in [-0.4, -0.2) is 46.7 Å². The molecule has 1 aliphatic rings. The molecule has 6 nitrogen and oxygen atoms in total. The second kappa shape index (κ2) is 9.10. The summed E-state index contributed by atoms with van der Waals surface area (Å²) in [6, 6.07) is 11.5. The number of benzene rings is 2. The van der Waals surface area contributed by atoms with E-state index in [2.05, 4.69) is 16.5 Å². The highest BCUT2D eigenvalue weighted by atomic mass is 19.1. The van der Waals surface area contributed by atoms with Gasteiger partial charge < -0.3 is 10.2 Å². The number of hydrazone groups is 1. The summed E-state index contributed by atoms with van der Waals surface area (Å²) in [4.78, 5) is 27.0. The minimum Gasteiger partial charge on any atom is -0.333 e. The highest BCUT2D eigenvalue weighted by Gasteiger charge is 2.34. The molecule has 170 valence electrons. The van der Waals surface area contributed by atoms with Crippen LogP contribution in [0.2, 0.25) is 0 Å². The molecule has 0 fully saturated rings. The van der Waals surface area contributed by atoms with Gasteiger partial charge in [-0.25, -0.2) is 14.2 Å². The Labute approximate surface area is 189 Å². The third-order valence-electron chi connectivity index (χ3n) is 5.46. The van der Waals surface area contributed by atoms with Crippen LogP contribution >= 0.6 is 0 Å². The Balaban J connectivity index is 1.87. The average Bonchev–Trinajstić information content (AvgIpc) is 3.15. The third-order valence-corrected chi connectivity index (χ3v) is 5.46. The van der Waals surface area contributed by atoms with Gasteiger partial charge in [-0.15, -0.1) is 0 Å². The summed E-state index contributed by atoms with van der Waals surface area (Å²) in [5, 5.41) is 8.92. The zero-order valence-corrected chi connectivity index (χ0v) is 19.6. The lowest BCUT2D eigenvalue weighted by molar-refractivity contribution is -0.133. The Bertz CT molecular complexity index is 1040. The number of amides is 3. The van der Waals surface area contributed by atoms with E-state index >= 15 is 0 Å². The van der Waals surface area contributed by atoms with E-state index in [-0.39, 0.29) is 30.3 Å². The lowest BCUT2D eigenvalue weighted by Gasteiger charge is -2.27. The molecule has 0 saturated carbocycles. The number of aryl methyl sites for hydroxylation is 2. The molecule has 0 aliphatic carbocycles. The number of carbonyl (C=O) groups excluding carboxylic acids is 2. The Hall–Kier alpha value is -3.22. The van der Waals surface area contributed by atoms with E-state index < -0.39 is 5.54 Å². The smallest absolute Gasteiger partial charge is 0.318 e. The standard InChI is InChI=1S/C25H31FN4O2/c1-16-7-8-19(13-17(16)2)21-14-22(18-9-11-20(26)12-10-18)30(28-21)23(31)15-29(6)24(32)27-25(3,4)5/h7-13,22H,14-15H2,1-6H3,(H,27,32)/t22-/m0/s1. The highest BCUT2D eigenvalue weighted by Crippen LogP contribution is 2.33. The summed E-state index contributed by atoms with van der Waals surface area (Å²) in [5.74, 6) is -0.636. The van der Waals surface area contributed by atoms with E-state index in [1.165, 1.54) is 27.6 Å². The maximum Gasteiger partial charge on any atom is 0.318 e. The van der Waals surface area contributed by atoms with Crippen LogP contribution in [0.4, 0.5) is 9.18 Å². The van der Waals surface area contributed by atoms with Crippen LogP contribution < -0.4 is 5.32 Å². The Morgan fingerprint density at radius 1 is 1.12 bits per heavy atom. The van der Waals surface area contributed by atoms with Crippen LogP contribution in [0, 0.1) is 19.7 Å². The molecule has 0 saturated heterocycles. The third kappa shape index (κ3) is 5.52. The molecule has 1 N–H and O–H groups in total. The zero-order valence-electron chi connectivity index (χ0n) is 19.6. The van der Waals surface area contributed by atoms with E-state index in [1.807, 2.05) is 46.8 Å².